The second-order valence-corrected chi connectivity index (χ2v) is 9.70. The molecule has 5 nitrogen and oxygen atoms in total. The van der Waals surface area contributed by atoms with Crippen LogP contribution in [0.1, 0.15) is 49.6 Å². The lowest BCUT2D eigenvalue weighted by Crippen LogP contribution is -2.39. The maximum atomic E-state index is 13.9. The number of fused-ring (bicyclic) bond motifs is 3. The number of carbonyl (C=O) groups excluding carboxylic acids is 1. The zero-order chi connectivity index (χ0) is 23.0. The average molecular weight is 437 g/mol. The van der Waals surface area contributed by atoms with E-state index in [9.17, 15) is 19.1 Å². The molecule has 168 valence electrons. The molecule has 6 heteroatoms. The van der Waals surface area contributed by atoms with Crippen molar-refractivity contribution in [3.05, 3.63) is 70.7 Å². The van der Waals surface area contributed by atoms with E-state index in [2.05, 4.69) is 38.2 Å². The van der Waals surface area contributed by atoms with Gasteiger partial charge in [0, 0.05) is 22.6 Å². The van der Waals surface area contributed by atoms with Crippen LogP contribution in [0.2, 0.25) is 0 Å². The fourth-order valence-electron chi connectivity index (χ4n) is 4.65. The molecule has 1 amide bonds. The lowest BCUT2D eigenvalue weighted by molar-refractivity contribution is -0.137. The molecule has 1 unspecified atom stereocenters. The van der Waals surface area contributed by atoms with Crippen molar-refractivity contribution in [1.82, 2.24) is 9.88 Å². The van der Waals surface area contributed by atoms with E-state index in [1.807, 2.05) is 12.1 Å². The Balaban J connectivity index is 1.49. The number of aliphatic carboxylic acids is 1. The van der Waals surface area contributed by atoms with E-state index < -0.39 is 5.97 Å². The van der Waals surface area contributed by atoms with Gasteiger partial charge in [-0.25, -0.2) is 4.39 Å². The number of rotatable bonds is 5. The number of hydrogen-bond donors (Lipinski definition) is 2. The summed E-state index contributed by atoms with van der Waals surface area (Å²) < 4.78 is 15.7. The molecule has 1 heterocycles. The van der Waals surface area contributed by atoms with Crippen LogP contribution < -0.4 is 5.32 Å². The smallest absolute Gasteiger partial charge is 0.323 e. The first kappa shape index (κ1) is 22.1. The minimum Gasteiger partial charge on any atom is -0.480 e. The molecule has 1 aliphatic carbocycles. The Hall–Kier alpha value is -3.15. The molecule has 0 fully saturated rings. The molecule has 32 heavy (non-hydrogen) atoms. The van der Waals surface area contributed by atoms with Crippen molar-refractivity contribution in [3.8, 4) is 0 Å². The summed E-state index contributed by atoms with van der Waals surface area (Å²) >= 11 is 0. The Morgan fingerprint density at radius 3 is 2.53 bits per heavy atom. The minimum atomic E-state index is -0.929. The minimum absolute atomic E-state index is 0.0394. The Morgan fingerprint density at radius 1 is 1.16 bits per heavy atom. The van der Waals surface area contributed by atoms with Gasteiger partial charge in [-0.1, -0.05) is 45.0 Å². The fraction of sp³-hybridized carbons (Fsp3) is 0.385. The second-order valence-electron chi connectivity index (χ2n) is 9.70. The van der Waals surface area contributed by atoms with Crippen molar-refractivity contribution in [2.45, 2.75) is 64.5 Å². The summed E-state index contributed by atoms with van der Waals surface area (Å²) in [6, 6.07) is 12.5. The molecule has 0 radical (unpaired) electrons. The number of carbonyl (C=O) groups is 2. The number of nitrogens with zero attached hydrogens (tertiary/aromatic N) is 1. The fourth-order valence-corrected chi connectivity index (χ4v) is 4.65. The highest BCUT2D eigenvalue weighted by Gasteiger charge is 2.27. The number of aromatic nitrogens is 1. The van der Waals surface area contributed by atoms with Crippen LogP contribution in [0, 0.1) is 5.82 Å². The van der Waals surface area contributed by atoms with Gasteiger partial charge >= 0.3 is 5.97 Å². The highest BCUT2D eigenvalue weighted by Crippen LogP contribution is 2.33. The summed E-state index contributed by atoms with van der Waals surface area (Å²) in [7, 11) is 0. The molecule has 2 N–H and O–H groups in total. The van der Waals surface area contributed by atoms with E-state index in [1.54, 1.807) is 10.6 Å². The number of amides is 1. The predicted molar refractivity (Wildman–Crippen MR) is 122 cm³/mol. The Kier molecular flexibility index (Phi) is 5.80. The van der Waals surface area contributed by atoms with Crippen molar-refractivity contribution < 1.29 is 19.1 Å². The van der Waals surface area contributed by atoms with Crippen LogP contribution in [0.15, 0.2) is 42.5 Å². The summed E-state index contributed by atoms with van der Waals surface area (Å²) in [5.41, 5.74) is 4.85. The molecule has 0 bridgehead atoms. The molecule has 0 saturated heterocycles. The number of carboxylic acids is 1. The van der Waals surface area contributed by atoms with E-state index in [0.717, 1.165) is 34.1 Å². The molecule has 0 spiro atoms. The van der Waals surface area contributed by atoms with Gasteiger partial charge in [0.25, 0.3) is 0 Å². The van der Waals surface area contributed by atoms with E-state index in [-0.39, 0.29) is 29.7 Å². The largest absolute Gasteiger partial charge is 0.480 e. The van der Waals surface area contributed by atoms with Crippen molar-refractivity contribution in [1.29, 1.82) is 0 Å². The van der Waals surface area contributed by atoms with E-state index in [1.165, 1.54) is 17.7 Å². The first-order chi connectivity index (χ1) is 15.1. The monoisotopic (exact) mass is 436 g/mol. The van der Waals surface area contributed by atoms with E-state index in [0.29, 0.717) is 19.3 Å². The van der Waals surface area contributed by atoms with Gasteiger partial charge < -0.3 is 15.0 Å². The Labute approximate surface area is 187 Å². The van der Waals surface area contributed by atoms with Gasteiger partial charge in [-0.2, -0.15) is 0 Å². The molecule has 2 aromatic carbocycles. The summed E-state index contributed by atoms with van der Waals surface area (Å²) in [4.78, 5) is 24.1. The van der Waals surface area contributed by atoms with Crippen LogP contribution in [-0.4, -0.2) is 27.6 Å². The maximum absolute atomic E-state index is 13.9. The van der Waals surface area contributed by atoms with Crippen LogP contribution in [0.5, 0.6) is 0 Å². The van der Waals surface area contributed by atoms with Gasteiger partial charge in [0.2, 0.25) is 5.91 Å². The summed E-state index contributed by atoms with van der Waals surface area (Å²) in [6.07, 6.45) is 2.24. The van der Waals surface area contributed by atoms with Gasteiger partial charge in [-0.05, 0) is 59.6 Å². The van der Waals surface area contributed by atoms with Crippen LogP contribution in [0.4, 0.5) is 4.39 Å². The third kappa shape index (κ3) is 4.54. The lowest BCUT2D eigenvalue weighted by atomic mass is 9.86. The second kappa shape index (κ2) is 8.41. The van der Waals surface area contributed by atoms with Gasteiger partial charge in [0.1, 0.15) is 12.4 Å². The normalized spacial score (nSPS) is 16.1. The molecule has 4 rings (SSSR count). The average Bonchev–Trinajstić information content (AvgIpc) is 2.99. The Morgan fingerprint density at radius 2 is 1.88 bits per heavy atom. The predicted octanol–water partition coefficient (Wildman–Crippen LogP) is 4.38. The summed E-state index contributed by atoms with van der Waals surface area (Å²) in [5.74, 6) is -1.32. The topological polar surface area (TPSA) is 71.3 Å². The van der Waals surface area contributed by atoms with E-state index >= 15 is 0 Å². The van der Waals surface area contributed by atoms with Gasteiger partial charge in [0.15, 0.2) is 0 Å². The van der Waals surface area contributed by atoms with Crippen LogP contribution in [0.25, 0.3) is 10.9 Å². The number of halogens is 1. The number of carboxylic acid groups (broad SMARTS) is 1. The molecule has 1 aromatic heterocycles. The molecule has 3 aromatic rings. The van der Waals surface area contributed by atoms with Crippen LogP contribution >= 0.6 is 0 Å². The van der Waals surface area contributed by atoms with Crippen molar-refractivity contribution in [2.75, 3.05) is 0 Å². The molecular weight excluding hydrogens is 407 g/mol. The molecule has 1 atom stereocenters. The van der Waals surface area contributed by atoms with Crippen molar-refractivity contribution >= 4 is 22.8 Å². The third-order valence-electron chi connectivity index (χ3n) is 6.27. The van der Waals surface area contributed by atoms with Crippen LogP contribution in [0.3, 0.4) is 0 Å². The van der Waals surface area contributed by atoms with Gasteiger partial charge in [-0.3, -0.25) is 9.59 Å². The zero-order valence-corrected chi connectivity index (χ0v) is 18.7. The van der Waals surface area contributed by atoms with Gasteiger partial charge in [-0.15, -0.1) is 0 Å². The summed E-state index contributed by atoms with van der Waals surface area (Å²) in [5, 5.41) is 13.2. The molecule has 1 aliphatic rings. The number of hydrogen-bond acceptors (Lipinski definition) is 2. The maximum Gasteiger partial charge on any atom is 0.323 e. The van der Waals surface area contributed by atoms with Crippen molar-refractivity contribution in [2.24, 2.45) is 0 Å². The number of nitrogens with one attached hydrogen (secondary N) is 1. The van der Waals surface area contributed by atoms with Crippen molar-refractivity contribution in [3.63, 3.8) is 0 Å². The number of benzene rings is 2. The molecular formula is C26H29FN2O3. The SMILES string of the molecule is CC(C)(C)c1ccc(CC(=O)NC2CCc3c(c4cc(F)ccc4n3CC(=O)O)C2)cc1. The van der Waals surface area contributed by atoms with E-state index in [4.69, 9.17) is 0 Å². The summed E-state index contributed by atoms with van der Waals surface area (Å²) in [6.45, 7) is 6.32. The highest BCUT2D eigenvalue weighted by atomic mass is 19.1. The quantitative estimate of drug-likeness (QED) is 0.624. The van der Waals surface area contributed by atoms with Gasteiger partial charge in [0.05, 0.1) is 6.42 Å². The molecule has 0 saturated carbocycles. The lowest BCUT2D eigenvalue weighted by Gasteiger charge is -2.25. The zero-order valence-electron chi connectivity index (χ0n) is 18.7. The van der Waals surface area contributed by atoms with Crippen LogP contribution in [-0.2, 0) is 40.8 Å². The first-order valence-corrected chi connectivity index (χ1v) is 11.0. The molecule has 0 aliphatic heterocycles. The third-order valence-corrected chi connectivity index (χ3v) is 6.27. The highest BCUT2D eigenvalue weighted by molar-refractivity contribution is 5.87. The Bertz CT molecular complexity index is 1170. The first-order valence-electron chi connectivity index (χ1n) is 11.0. The standard InChI is InChI=1S/C26H29FN2O3/c1-26(2,3)17-6-4-16(5-7-17)12-24(30)28-19-9-11-23-21(14-19)20-13-18(27)8-10-22(20)29(23)15-25(31)32/h4-8,10,13,19H,9,11-12,14-15H2,1-3H3,(H,28,30)(H,31,32).